The molecule has 0 saturated heterocycles. The zero-order valence-electron chi connectivity index (χ0n) is 10.4. The first kappa shape index (κ1) is 14.5. The van der Waals surface area contributed by atoms with E-state index in [-0.39, 0.29) is 5.41 Å². The number of hydrogen-bond acceptors (Lipinski definition) is 2. The Balaban J connectivity index is 2.62. The van der Waals surface area contributed by atoms with Crippen LogP contribution in [0.1, 0.15) is 32.8 Å². The molecule has 0 aliphatic heterocycles. The van der Waals surface area contributed by atoms with E-state index in [1.54, 1.807) is 0 Å². The molecule has 2 N–H and O–H groups in total. The topological polar surface area (TPSA) is 35.2 Å². The van der Waals surface area contributed by atoms with Gasteiger partial charge in [-0.25, -0.2) is 0 Å². The van der Waals surface area contributed by atoms with Crippen molar-refractivity contribution in [1.82, 2.24) is 0 Å². The van der Waals surface area contributed by atoms with Crippen LogP contribution in [0.15, 0.2) is 22.7 Å². The van der Waals surface area contributed by atoms with Crippen molar-refractivity contribution in [3.63, 3.8) is 0 Å². The minimum atomic E-state index is 0.288. The highest BCUT2D eigenvalue weighted by atomic mass is 79.9. The summed E-state index contributed by atoms with van der Waals surface area (Å²) >= 11 is 8.37. The van der Waals surface area contributed by atoms with Crippen LogP contribution in [0.2, 0.25) is 0 Å². The highest BCUT2D eigenvalue weighted by Gasteiger charge is 2.10. The van der Waals surface area contributed by atoms with Crippen LogP contribution in [-0.2, 0) is 0 Å². The monoisotopic (exact) mass is 315 g/mol. The summed E-state index contributed by atoms with van der Waals surface area (Å²) in [5.41, 5.74) is 6.71. The Morgan fingerprint density at radius 1 is 1.41 bits per heavy atom. The summed E-state index contributed by atoms with van der Waals surface area (Å²) < 4.78 is 6.56. The van der Waals surface area contributed by atoms with Crippen molar-refractivity contribution < 1.29 is 4.74 Å². The maximum atomic E-state index is 5.68. The fourth-order valence-corrected chi connectivity index (χ4v) is 2.14. The summed E-state index contributed by atoms with van der Waals surface area (Å²) in [6, 6.07) is 5.66. The van der Waals surface area contributed by atoms with E-state index in [2.05, 4.69) is 36.7 Å². The fraction of sp³-hybridized carbons (Fsp3) is 0.462. The normalized spacial score (nSPS) is 11.3. The van der Waals surface area contributed by atoms with Crippen LogP contribution in [0.3, 0.4) is 0 Å². The molecule has 0 heterocycles. The molecule has 1 aromatic carbocycles. The van der Waals surface area contributed by atoms with Gasteiger partial charge in [0.1, 0.15) is 10.7 Å². The van der Waals surface area contributed by atoms with Crippen LogP contribution < -0.4 is 10.5 Å². The third kappa shape index (κ3) is 5.04. The lowest BCUT2D eigenvalue weighted by atomic mass is 9.93. The Kier molecular flexibility index (Phi) is 4.95. The van der Waals surface area contributed by atoms with Gasteiger partial charge in [-0.3, -0.25) is 0 Å². The van der Waals surface area contributed by atoms with Gasteiger partial charge in [0.15, 0.2) is 0 Å². The van der Waals surface area contributed by atoms with Crippen LogP contribution in [-0.4, -0.2) is 11.6 Å². The Hall–Kier alpha value is -0.610. The Morgan fingerprint density at radius 2 is 2.06 bits per heavy atom. The molecule has 1 aromatic rings. The van der Waals surface area contributed by atoms with Gasteiger partial charge in [-0.2, -0.15) is 0 Å². The minimum absolute atomic E-state index is 0.288. The molecule has 0 saturated carbocycles. The molecule has 17 heavy (non-hydrogen) atoms. The molecule has 0 bridgehead atoms. The lowest BCUT2D eigenvalue weighted by molar-refractivity contribution is 0.243. The lowest BCUT2D eigenvalue weighted by Crippen LogP contribution is -2.12. The van der Waals surface area contributed by atoms with Gasteiger partial charge >= 0.3 is 0 Å². The molecule has 0 aromatic heterocycles. The highest BCUT2D eigenvalue weighted by Crippen LogP contribution is 2.24. The van der Waals surface area contributed by atoms with E-state index in [0.717, 1.165) is 22.2 Å². The quantitative estimate of drug-likeness (QED) is 0.856. The molecule has 0 aliphatic carbocycles. The second kappa shape index (κ2) is 5.83. The Morgan fingerprint density at radius 3 is 2.53 bits per heavy atom. The van der Waals surface area contributed by atoms with Crippen molar-refractivity contribution in [2.75, 3.05) is 6.61 Å². The van der Waals surface area contributed by atoms with Gasteiger partial charge in [-0.15, -0.1) is 0 Å². The van der Waals surface area contributed by atoms with Crippen molar-refractivity contribution in [3.05, 3.63) is 28.2 Å². The average Bonchev–Trinajstić information content (AvgIpc) is 2.15. The maximum absolute atomic E-state index is 5.68. The first-order valence-corrected chi connectivity index (χ1v) is 6.72. The molecule has 0 spiro atoms. The van der Waals surface area contributed by atoms with E-state index >= 15 is 0 Å². The third-order valence-electron chi connectivity index (χ3n) is 2.33. The number of halogens is 1. The maximum Gasteiger partial charge on any atom is 0.120 e. The van der Waals surface area contributed by atoms with E-state index in [1.165, 1.54) is 0 Å². The first-order chi connectivity index (χ1) is 7.79. The first-order valence-electron chi connectivity index (χ1n) is 5.52. The van der Waals surface area contributed by atoms with Crippen molar-refractivity contribution in [1.29, 1.82) is 0 Å². The number of hydrogen-bond donors (Lipinski definition) is 1. The van der Waals surface area contributed by atoms with Crippen LogP contribution in [0, 0.1) is 5.41 Å². The third-order valence-corrected chi connectivity index (χ3v) is 3.20. The van der Waals surface area contributed by atoms with Crippen LogP contribution in [0.25, 0.3) is 0 Å². The second-order valence-electron chi connectivity index (χ2n) is 5.17. The molecule has 94 valence electrons. The Bertz CT molecular complexity index is 412. The summed E-state index contributed by atoms with van der Waals surface area (Å²) in [6.45, 7) is 7.30. The van der Waals surface area contributed by atoms with Crippen molar-refractivity contribution in [2.24, 2.45) is 11.1 Å². The zero-order chi connectivity index (χ0) is 13.1. The van der Waals surface area contributed by atoms with Gasteiger partial charge in [0, 0.05) is 10.0 Å². The van der Waals surface area contributed by atoms with E-state index in [9.17, 15) is 0 Å². The molecule has 0 unspecified atom stereocenters. The van der Waals surface area contributed by atoms with Crippen LogP contribution >= 0.6 is 28.1 Å². The van der Waals surface area contributed by atoms with Gasteiger partial charge in [0.05, 0.1) is 6.61 Å². The summed E-state index contributed by atoms with van der Waals surface area (Å²) in [7, 11) is 0. The van der Waals surface area contributed by atoms with Gasteiger partial charge in [0.25, 0.3) is 0 Å². The molecule has 0 atom stereocenters. The largest absolute Gasteiger partial charge is 0.494 e. The van der Waals surface area contributed by atoms with E-state index in [1.807, 2.05) is 18.2 Å². The summed E-state index contributed by atoms with van der Waals surface area (Å²) in [5.74, 6) is 0.834. The summed E-state index contributed by atoms with van der Waals surface area (Å²) in [4.78, 5) is 0.387. The molecule has 1 rings (SSSR count). The van der Waals surface area contributed by atoms with E-state index in [0.29, 0.717) is 11.6 Å². The summed E-state index contributed by atoms with van der Waals surface area (Å²) in [6.07, 6.45) is 1.02. The number of ether oxygens (including phenoxy) is 1. The fourth-order valence-electron chi connectivity index (χ4n) is 1.26. The predicted molar refractivity (Wildman–Crippen MR) is 79.6 cm³/mol. The predicted octanol–water partition coefficient (Wildman–Crippen LogP) is 3.90. The van der Waals surface area contributed by atoms with Crippen molar-refractivity contribution in [3.8, 4) is 5.75 Å². The molecule has 2 nitrogen and oxygen atoms in total. The average molecular weight is 316 g/mol. The minimum Gasteiger partial charge on any atom is -0.494 e. The van der Waals surface area contributed by atoms with Gasteiger partial charge in [-0.1, -0.05) is 33.0 Å². The lowest BCUT2D eigenvalue weighted by Gasteiger charge is -2.18. The molecule has 0 radical (unpaired) electrons. The molecule has 0 amide bonds. The van der Waals surface area contributed by atoms with Crippen molar-refractivity contribution >= 4 is 33.1 Å². The van der Waals surface area contributed by atoms with Gasteiger partial charge in [0.2, 0.25) is 0 Å². The number of benzene rings is 1. The molecule has 0 aliphatic rings. The van der Waals surface area contributed by atoms with Gasteiger partial charge in [-0.05, 0) is 46.0 Å². The zero-order valence-corrected chi connectivity index (χ0v) is 12.8. The standard InChI is InChI=1S/C13H18BrNOS/c1-13(2,3)6-7-16-9-4-5-10(12(15)17)11(14)8-9/h4-5,8H,6-7H2,1-3H3,(H2,15,17). The number of rotatable bonds is 4. The Labute approximate surface area is 117 Å². The smallest absolute Gasteiger partial charge is 0.120 e. The number of thiocarbonyl (C=S) groups is 1. The molecular formula is C13H18BrNOS. The molecule has 0 fully saturated rings. The van der Waals surface area contributed by atoms with Crippen LogP contribution in [0.4, 0.5) is 0 Å². The SMILES string of the molecule is CC(C)(C)CCOc1ccc(C(N)=S)c(Br)c1. The van der Waals surface area contributed by atoms with Crippen LogP contribution in [0.5, 0.6) is 5.75 Å². The number of nitrogens with two attached hydrogens (primary N) is 1. The molecular weight excluding hydrogens is 298 g/mol. The second-order valence-corrected chi connectivity index (χ2v) is 6.46. The van der Waals surface area contributed by atoms with Crippen molar-refractivity contribution in [2.45, 2.75) is 27.2 Å². The van der Waals surface area contributed by atoms with E-state index in [4.69, 9.17) is 22.7 Å². The highest BCUT2D eigenvalue weighted by molar-refractivity contribution is 9.10. The molecule has 4 heteroatoms. The summed E-state index contributed by atoms with van der Waals surface area (Å²) in [5, 5.41) is 0. The van der Waals surface area contributed by atoms with Gasteiger partial charge < -0.3 is 10.5 Å². The van der Waals surface area contributed by atoms with E-state index < -0.39 is 0 Å².